The summed E-state index contributed by atoms with van der Waals surface area (Å²) in [6.07, 6.45) is 3.97. The second kappa shape index (κ2) is 8.73. The maximum Gasteiger partial charge on any atom is 0.313 e. The van der Waals surface area contributed by atoms with Crippen molar-refractivity contribution in [2.75, 3.05) is 19.0 Å². The SMILES string of the molecule is COc1cc(NC(=O)C(=O)NC(C)(C)CC(C)=O)ccc1C1=CC=C(C)OC1. The van der Waals surface area contributed by atoms with E-state index in [2.05, 4.69) is 10.6 Å². The highest BCUT2D eigenvalue weighted by Crippen LogP contribution is 2.31. The molecule has 1 aromatic rings. The molecule has 0 aliphatic carbocycles. The van der Waals surface area contributed by atoms with Gasteiger partial charge in [-0.05, 0) is 45.9 Å². The van der Waals surface area contributed by atoms with Crippen LogP contribution in [0.15, 0.2) is 36.1 Å². The number of hydrogen-bond acceptors (Lipinski definition) is 5. The molecule has 1 aliphatic rings. The fraction of sp³-hybridized carbons (Fsp3) is 0.381. The summed E-state index contributed by atoms with van der Waals surface area (Å²) in [5.74, 6) is -0.302. The van der Waals surface area contributed by atoms with Crippen LogP contribution in [0.3, 0.4) is 0 Å². The Kier molecular flexibility index (Phi) is 6.62. The first-order valence-electron chi connectivity index (χ1n) is 8.93. The maximum absolute atomic E-state index is 12.2. The number of hydrogen-bond donors (Lipinski definition) is 2. The third kappa shape index (κ3) is 5.70. The van der Waals surface area contributed by atoms with Gasteiger partial charge in [-0.2, -0.15) is 0 Å². The van der Waals surface area contributed by atoms with Gasteiger partial charge in [0.2, 0.25) is 0 Å². The second-order valence-electron chi connectivity index (χ2n) is 7.34. The fourth-order valence-corrected chi connectivity index (χ4v) is 2.93. The molecular formula is C21H26N2O5. The first-order chi connectivity index (χ1) is 13.1. The van der Waals surface area contributed by atoms with E-state index in [0.29, 0.717) is 18.0 Å². The van der Waals surface area contributed by atoms with Crippen LogP contribution >= 0.6 is 0 Å². The van der Waals surface area contributed by atoms with E-state index in [-0.39, 0.29) is 12.2 Å². The zero-order valence-electron chi connectivity index (χ0n) is 16.8. The van der Waals surface area contributed by atoms with Crippen molar-refractivity contribution in [3.63, 3.8) is 0 Å². The van der Waals surface area contributed by atoms with Crippen LogP contribution in [0.1, 0.15) is 39.7 Å². The number of ether oxygens (including phenoxy) is 2. The first kappa shape index (κ1) is 21.2. The Balaban J connectivity index is 2.11. The summed E-state index contributed by atoms with van der Waals surface area (Å²) in [6.45, 7) is 7.12. The van der Waals surface area contributed by atoms with Gasteiger partial charge in [-0.15, -0.1) is 0 Å². The molecule has 2 N–H and O–H groups in total. The topological polar surface area (TPSA) is 93.7 Å². The number of anilines is 1. The molecule has 7 nitrogen and oxygen atoms in total. The number of carbonyl (C=O) groups excluding carboxylic acids is 3. The van der Waals surface area contributed by atoms with E-state index in [1.807, 2.05) is 19.1 Å². The Morgan fingerprint density at radius 3 is 2.46 bits per heavy atom. The monoisotopic (exact) mass is 386 g/mol. The minimum atomic E-state index is -0.815. The zero-order chi connectivity index (χ0) is 20.9. The normalized spacial score (nSPS) is 13.6. The molecule has 0 bridgehead atoms. The lowest BCUT2D eigenvalue weighted by Gasteiger charge is -2.24. The number of ketones is 1. The number of carbonyl (C=O) groups is 3. The van der Waals surface area contributed by atoms with Crippen molar-refractivity contribution < 1.29 is 23.9 Å². The van der Waals surface area contributed by atoms with Crippen molar-refractivity contribution in [2.24, 2.45) is 0 Å². The summed E-state index contributed by atoms with van der Waals surface area (Å²) in [6, 6.07) is 5.14. The Hall–Kier alpha value is -3.09. The number of amides is 2. The van der Waals surface area contributed by atoms with Gasteiger partial charge in [0.25, 0.3) is 0 Å². The highest BCUT2D eigenvalue weighted by atomic mass is 16.5. The molecule has 0 spiro atoms. The van der Waals surface area contributed by atoms with Crippen molar-refractivity contribution in [1.82, 2.24) is 5.32 Å². The lowest BCUT2D eigenvalue weighted by Crippen LogP contribution is -2.48. The van der Waals surface area contributed by atoms with Gasteiger partial charge in [-0.25, -0.2) is 0 Å². The predicted octanol–water partition coefficient (Wildman–Crippen LogP) is 2.83. The van der Waals surface area contributed by atoms with E-state index in [1.54, 1.807) is 32.0 Å². The largest absolute Gasteiger partial charge is 0.496 e. The summed E-state index contributed by atoms with van der Waals surface area (Å²) in [5.41, 5.74) is 1.41. The number of benzene rings is 1. The van der Waals surface area contributed by atoms with E-state index in [4.69, 9.17) is 9.47 Å². The van der Waals surface area contributed by atoms with Gasteiger partial charge in [0.05, 0.1) is 12.9 Å². The van der Waals surface area contributed by atoms with Crippen LogP contribution in [0.5, 0.6) is 5.75 Å². The number of rotatable bonds is 6. The molecule has 28 heavy (non-hydrogen) atoms. The third-order valence-electron chi connectivity index (χ3n) is 4.13. The van der Waals surface area contributed by atoms with Gasteiger partial charge in [0.15, 0.2) is 0 Å². The fourth-order valence-electron chi connectivity index (χ4n) is 2.93. The Morgan fingerprint density at radius 2 is 1.89 bits per heavy atom. The molecule has 7 heteroatoms. The van der Waals surface area contributed by atoms with Crippen molar-refractivity contribution in [3.05, 3.63) is 41.7 Å². The molecule has 2 rings (SSSR count). The summed E-state index contributed by atoms with van der Waals surface area (Å²) in [5, 5.41) is 5.12. The van der Waals surface area contributed by atoms with Gasteiger partial charge in [0, 0.05) is 34.9 Å². The maximum atomic E-state index is 12.2. The Bertz CT molecular complexity index is 852. The summed E-state index contributed by atoms with van der Waals surface area (Å²) >= 11 is 0. The van der Waals surface area contributed by atoms with Gasteiger partial charge in [-0.3, -0.25) is 14.4 Å². The lowest BCUT2D eigenvalue weighted by atomic mass is 9.98. The number of methoxy groups -OCH3 is 1. The van der Waals surface area contributed by atoms with Crippen LogP contribution < -0.4 is 15.4 Å². The summed E-state index contributed by atoms with van der Waals surface area (Å²) in [7, 11) is 1.53. The molecular weight excluding hydrogens is 360 g/mol. The van der Waals surface area contributed by atoms with Gasteiger partial charge in [0.1, 0.15) is 18.1 Å². The van der Waals surface area contributed by atoms with Crippen molar-refractivity contribution in [2.45, 2.75) is 39.7 Å². The van der Waals surface area contributed by atoms with Crippen LogP contribution in [-0.4, -0.2) is 36.9 Å². The molecule has 0 atom stereocenters. The third-order valence-corrected chi connectivity index (χ3v) is 4.13. The van der Waals surface area contributed by atoms with Crippen molar-refractivity contribution >= 4 is 28.9 Å². The number of nitrogens with one attached hydrogen (secondary N) is 2. The van der Waals surface area contributed by atoms with Crippen molar-refractivity contribution in [1.29, 1.82) is 0 Å². The smallest absolute Gasteiger partial charge is 0.313 e. The van der Waals surface area contributed by atoms with Crippen LogP contribution in [0.4, 0.5) is 5.69 Å². The molecule has 0 fully saturated rings. The molecule has 0 saturated carbocycles. The van der Waals surface area contributed by atoms with E-state index >= 15 is 0 Å². The summed E-state index contributed by atoms with van der Waals surface area (Å²) < 4.78 is 11.0. The molecule has 150 valence electrons. The van der Waals surface area contributed by atoms with Crippen LogP contribution in [0, 0.1) is 0 Å². The molecule has 2 amide bonds. The van der Waals surface area contributed by atoms with E-state index in [1.165, 1.54) is 14.0 Å². The van der Waals surface area contributed by atoms with Crippen molar-refractivity contribution in [3.8, 4) is 5.75 Å². The minimum Gasteiger partial charge on any atom is -0.496 e. The molecule has 0 saturated heterocycles. The second-order valence-corrected chi connectivity index (χ2v) is 7.34. The molecule has 0 unspecified atom stereocenters. The van der Waals surface area contributed by atoms with Crippen LogP contribution in [-0.2, 0) is 19.1 Å². The molecule has 0 radical (unpaired) electrons. The summed E-state index contributed by atoms with van der Waals surface area (Å²) in [4.78, 5) is 35.6. The standard InChI is InChI=1S/C21H26N2O5/c1-13(24)11-21(3,4)23-20(26)19(25)22-16-8-9-17(18(10-16)27-5)15-7-6-14(2)28-12-15/h6-10H,11-12H2,1-5H3,(H,22,25)(H,23,26). The van der Waals surface area contributed by atoms with E-state index < -0.39 is 17.4 Å². The molecule has 1 aromatic carbocycles. The predicted molar refractivity (Wildman–Crippen MR) is 107 cm³/mol. The quantitative estimate of drug-likeness (QED) is 0.733. The Morgan fingerprint density at radius 1 is 1.18 bits per heavy atom. The zero-order valence-corrected chi connectivity index (χ0v) is 16.8. The minimum absolute atomic E-state index is 0.0722. The van der Waals surface area contributed by atoms with Gasteiger partial charge < -0.3 is 20.1 Å². The average molecular weight is 386 g/mol. The molecule has 1 heterocycles. The molecule has 0 aromatic heterocycles. The van der Waals surface area contributed by atoms with Crippen LogP contribution in [0.2, 0.25) is 0 Å². The number of allylic oxidation sites excluding steroid dienone is 3. The molecule has 1 aliphatic heterocycles. The highest BCUT2D eigenvalue weighted by Gasteiger charge is 2.26. The average Bonchev–Trinajstić information content (AvgIpc) is 2.60. The number of Topliss-reactive ketones (excluding diaryl/α,β-unsaturated/α-hetero) is 1. The first-order valence-corrected chi connectivity index (χ1v) is 8.93. The highest BCUT2D eigenvalue weighted by molar-refractivity contribution is 6.39. The Labute approximate surface area is 164 Å². The van der Waals surface area contributed by atoms with Crippen LogP contribution in [0.25, 0.3) is 5.57 Å². The van der Waals surface area contributed by atoms with E-state index in [0.717, 1.165) is 16.9 Å². The van der Waals surface area contributed by atoms with Gasteiger partial charge in [-0.1, -0.05) is 6.08 Å². The van der Waals surface area contributed by atoms with Gasteiger partial charge >= 0.3 is 11.8 Å². The lowest BCUT2D eigenvalue weighted by molar-refractivity contribution is -0.137. The van der Waals surface area contributed by atoms with E-state index in [9.17, 15) is 14.4 Å².